The number of nitrogens with one attached hydrogen (secondary N) is 8. The van der Waals surface area contributed by atoms with Gasteiger partial charge in [-0.05, 0) is 239 Å². The Balaban J connectivity index is 0.000000109. The maximum atomic E-state index is 5.89. The molecule has 14 nitrogen and oxygen atoms in total. The minimum atomic E-state index is 0.151. The summed E-state index contributed by atoms with van der Waals surface area (Å²) in [6.45, 7) is 75.8. The lowest BCUT2D eigenvalue weighted by atomic mass is 9.83. The number of aromatic amines is 8. The van der Waals surface area contributed by atoms with Gasteiger partial charge < -0.3 is 53.3 Å². The van der Waals surface area contributed by atoms with Crippen LogP contribution < -0.4 is 0 Å². The zero-order chi connectivity index (χ0) is 105. The van der Waals surface area contributed by atoms with Crippen LogP contribution in [-0.4, -0.2) is 59.4 Å². The molecule has 5 aromatic carbocycles. The number of aromatic nitrogens is 12. The van der Waals surface area contributed by atoms with E-state index < -0.39 is 0 Å². The first kappa shape index (κ1) is 105. The highest BCUT2D eigenvalue weighted by Crippen LogP contribution is 2.65. The summed E-state index contributed by atoms with van der Waals surface area (Å²) < 4.78 is 16.5. The van der Waals surface area contributed by atoms with Gasteiger partial charge in [-0.3, -0.25) is 0 Å². The Bertz CT molecular complexity index is 7270. The van der Waals surface area contributed by atoms with Crippen LogP contribution >= 0.6 is 56.7 Å². The molecule has 0 bridgehead atoms. The number of rotatable bonds is 16. The molecule has 0 unspecified atom stereocenters. The van der Waals surface area contributed by atoms with Gasteiger partial charge >= 0.3 is 0 Å². The summed E-state index contributed by atoms with van der Waals surface area (Å²) in [4.78, 5) is 53.4. The van der Waals surface area contributed by atoms with Crippen molar-refractivity contribution < 1.29 is 8.83 Å². The van der Waals surface area contributed by atoms with Crippen LogP contribution in [0, 0.1) is 0 Å². The van der Waals surface area contributed by atoms with Crippen LogP contribution in [0.4, 0.5) is 0 Å². The molecule has 0 radical (unpaired) electrons. The van der Waals surface area contributed by atoms with Gasteiger partial charge in [-0.15, -0.1) is 56.7 Å². The molecule has 0 amide bonds. The summed E-state index contributed by atoms with van der Waals surface area (Å²) in [7, 11) is 2.10. The summed E-state index contributed by atoms with van der Waals surface area (Å²) in [6.07, 6.45) is 3.81. The number of thiazole rings is 1. The highest BCUT2D eigenvalue weighted by molar-refractivity contribution is 7.19. The predicted octanol–water partition coefficient (Wildman–Crippen LogP) is 40.6. The lowest BCUT2D eigenvalue weighted by Crippen LogP contribution is -2.14. The zero-order valence-electron chi connectivity index (χ0n) is 93.3. The van der Waals surface area contributed by atoms with Crippen LogP contribution in [-0.2, 0) is 24.3 Å². The molecule has 768 valence electrons. The molecule has 19 heteroatoms. The van der Waals surface area contributed by atoms with E-state index in [9.17, 15) is 0 Å². The molecule has 4 aliphatic rings. The van der Waals surface area contributed by atoms with Crippen LogP contribution in [0.3, 0.4) is 0 Å². The monoisotopic (exact) mass is 2040 g/mol. The number of nitrogens with zero attached hydrogens (tertiary/aromatic N) is 4. The van der Waals surface area contributed by atoms with E-state index in [4.69, 9.17) is 18.8 Å². The predicted molar refractivity (Wildman–Crippen MR) is 634 cm³/mol. The fraction of sp³-hybridized carbons (Fsp3) is 0.441. The van der Waals surface area contributed by atoms with Gasteiger partial charge in [-0.25, -0.2) is 15.0 Å². The van der Waals surface area contributed by atoms with Crippen molar-refractivity contribution in [1.29, 1.82) is 0 Å². The molecule has 16 heterocycles. The van der Waals surface area contributed by atoms with Crippen molar-refractivity contribution in [3.8, 4) is 31.7 Å². The summed E-state index contributed by atoms with van der Waals surface area (Å²) >= 11 is 9.67. The highest BCUT2D eigenvalue weighted by atomic mass is 32.1. The third-order valence-electron chi connectivity index (χ3n) is 30.2. The standard InChI is InChI=1S/C17H21NS.C17H23NS.C16H21N3.C16H19NO.C16H19NS.C15H18N2O.C15H18N2S.C15H19NS/c1-9(2)13-7-11-15(18-13)16-12(17(11)5-6-17)8-14(19-16)10(3)4;1-9(2)13-7-11-15(18-13)16-12(17(11,5)6)8-14(19-16)10(3)4;1-9(2)12-8-11-6-7-13-15(14(11)17-12)18-16(10(3)4)19(13)5;2*1-9(2)13-7-11-5-6-14-12(16(11)17-13)8-15(18-14)10(3)4;2*1-8(2)11-7-10-5-6-12-14(13(10)16-11)17-15(18-12)9(3)4;1-8(2)12-6-10-5-11-7-13(9(3)4)17-15(11)14(10)16-12/h7-10,18H,5-6H2,1-4H3;7-10,18H,1-6H3;6-10,17H,1-5H3;2*5-10,17H,1-4H3;2*5-9,16H,1-4H3;6-9,16H,5H2,1-4H3. The van der Waals surface area contributed by atoms with Crippen molar-refractivity contribution >= 4 is 165 Å². The molecular weight excluding hydrogens is 1890 g/mol. The van der Waals surface area contributed by atoms with E-state index in [1.807, 2.05) is 51.4 Å². The Morgan fingerprint density at radius 2 is 0.712 bits per heavy atom. The SMILES string of the molecule is CC(C)c1cc2c([nH]1)-c1sc(C(C)C)cc1C2.CC(C)c1cc2c([nH]1)-c1sc(C(C)C)cc1C2(C)C.CC(C)c1cc2c([nH]1)-c1sc(C(C)C)cc1C21CC1.CC(C)c1cc2ccc3c(nc(C(C)C)n3C)c2[nH]1.CC(C)c1cc2ccc3oc(C(C)C)cc3c2[nH]1.CC(C)c1cc2ccc3oc(C(C)C)nc3c2[nH]1.CC(C)c1cc2ccc3sc(C(C)C)cc3c2[nH]1.CC(C)c1cc2ccc3sc(C(C)C)nc3c2[nH]1. The highest BCUT2D eigenvalue weighted by Gasteiger charge is 2.54. The quantitative estimate of drug-likeness (QED) is 0.0476. The summed E-state index contributed by atoms with van der Waals surface area (Å²) in [5.74, 6) is 11.5. The van der Waals surface area contributed by atoms with E-state index in [0.717, 1.165) is 57.1 Å². The van der Waals surface area contributed by atoms with Gasteiger partial charge in [0, 0.05) is 155 Å². The molecule has 1 spiro atoms. The van der Waals surface area contributed by atoms with Crippen LogP contribution in [0.1, 0.15) is 464 Å². The molecule has 4 aliphatic carbocycles. The number of thiophene rings is 4. The lowest BCUT2D eigenvalue weighted by Gasteiger charge is -2.19. The second kappa shape index (κ2) is 41.2. The average molecular weight is 2050 g/mol. The fourth-order valence-corrected chi connectivity index (χ4v) is 26.5. The molecule has 16 aromatic heterocycles. The Morgan fingerprint density at radius 3 is 1.21 bits per heavy atom. The number of fused-ring (bicyclic) bond motifs is 26. The molecular formula is C127H158N12O2S5. The number of aryl methyl sites for hydroxylation is 1. The average Bonchev–Trinajstić information content (AvgIpc) is 1.49. The molecule has 146 heavy (non-hydrogen) atoms. The number of hydrogen-bond donors (Lipinski definition) is 8. The number of furan rings is 1. The van der Waals surface area contributed by atoms with Gasteiger partial charge in [-0.1, -0.05) is 254 Å². The van der Waals surface area contributed by atoms with Crippen molar-refractivity contribution in [2.24, 2.45) is 7.05 Å². The van der Waals surface area contributed by atoms with E-state index in [0.29, 0.717) is 100 Å². The molecule has 0 atom stereocenters. The minimum absolute atomic E-state index is 0.151. The number of hydrogen-bond acceptors (Lipinski definition) is 10. The maximum absolute atomic E-state index is 5.89. The number of benzene rings is 5. The molecule has 0 saturated heterocycles. The molecule has 21 aromatic rings. The van der Waals surface area contributed by atoms with Crippen LogP contribution in [0.25, 0.3) is 140 Å². The van der Waals surface area contributed by atoms with Gasteiger partial charge in [-0.2, -0.15) is 0 Å². The van der Waals surface area contributed by atoms with Gasteiger partial charge in [0.1, 0.15) is 33.7 Å². The first-order valence-corrected chi connectivity index (χ1v) is 58.2. The second-order valence-electron chi connectivity index (χ2n) is 47.4. The minimum Gasteiger partial charge on any atom is -0.461 e. The van der Waals surface area contributed by atoms with Crippen molar-refractivity contribution in [1.82, 2.24) is 59.4 Å². The first-order valence-electron chi connectivity index (χ1n) is 54.2. The summed E-state index contributed by atoms with van der Waals surface area (Å²) in [6, 6.07) is 51.7. The molecule has 1 fully saturated rings. The topological polar surface area (TPSA) is 196 Å². The van der Waals surface area contributed by atoms with E-state index >= 15 is 0 Å². The van der Waals surface area contributed by atoms with E-state index in [-0.39, 0.29) is 5.41 Å². The number of oxazole rings is 1. The van der Waals surface area contributed by atoms with Crippen molar-refractivity contribution in [2.45, 2.75) is 360 Å². The van der Waals surface area contributed by atoms with Crippen molar-refractivity contribution in [2.75, 3.05) is 0 Å². The van der Waals surface area contributed by atoms with Gasteiger partial charge in [0.05, 0.1) is 74.5 Å². The maximum Gasteiger partial charge on any atom is 0.198 e. The third kappa shape index (κ3) is 20.2. The largest absolute Gasteiger partial charge is 0.461 e. The normalized spacial score (nSPS) is 13.8. The molecule has 0 aliphatic heterocycles. The van der Waals surface area contributed by atoms with Crippen LogP contribution in [0.15, 0.2) is 148 Å². The van der Waals surface area contributed by atoms with Crippen LogP contribution in [0.5, 0.6) is 0 Å². The van der Waals surface area contributed by atoms with Crippen molar-refractivity contribution in [3.05, 3.63) is 260 Å². The Kier molecular flexibility index (Phi) is 29.6. The first-order chi connectivity index (χ1) is 69.1. The van der Waals surface area contributed by atoms with Gasteiger partial charge in [0.25, 0.3) is 0 Å². The number of imidazole rings is 1. The number of H-pyrrole nitrogens is 8. The van der Waals surface area contributed by atoms with Crippen LogP contribution in [0.2, 0.25) is 0 Å². The van der Waals surface area contributed by atoms with Crippen molar-refractivity contribution in [3.63, 3.8) is 0 Å². The summed E-state index contributed by atoms with van der Waals surface area (Å²) in [5, 5.41) is 10.1. The zero-order valence-corrected chi connectivity index (χ0v) is 97.4. The lowest BCUT2D eigenvalue weighted by molar-refractivity contribution is 0.501. The Hall–Kier alpha value is -10.9. The third-order valence-corrected chi connectivity index (χ3v) is 37.3. The molecule has 8 N–H and O–H groups in total. The molecule has 1 saturated carbocycles. The summed E-state index contributed by atoms with van der Waals surface area (Å²) in [5.41, 5.74) is 36.7. The van der Waals surface area contributed by atoms with Gasteiger partial charge in [0.2, 0.25) is 0 Å². The van der Waals surface area contributed by atoms with E-state index in [1.54, 1.807) is 27.3 Å². The smallest absolute Gasteiger partial charge is 0.198 e. The van der Waals surface area contributed by atoms with E-state index in [1.165, 1.54) is 207 Å². The molecule has 25 rings (SSSR count). The van der Waals surface area contributed by atoms with Gasteiger partial charge in [0.15, 0.2) is 11.5 Å². The van der Waals surface area contributed by atoms with E-state index in [2.05, 4.69) is 425 Å². The Morgan fingerprint density at radius 1 is 0.295 bits per heavy atom. The second-order valence-corrected chi connectivity index (χ2v) is 52.8. The fourth-order valence-electron chi connectivity index (χ4n) is 20.6. The Labute approximate surface area is 885 Å².